The van der Waals surface area contributed by atoms with Crippen LogP contribution in [-0.2, 0) is 4.79 Å². The van der Waals surface area contributed by atoms with Crippen molar-refractivity contribution in [2.45, 2.75) is 0 Å². The molecule has 3 aromatic rings. The summed E-state index contributed by atoms with van der Waals surface area (Å²) in [6, 6.07) is 15.6. The van der Waals surface area contributed by atoms with Crippen molar-refractivity contribution in [1.29, 1.82) is 0 Å². The van der Waals surface area contributed by atoms with Gasteiger partial charge >= 0.3 is 0 Å². The Morgan fingerprint density at radius 3 is 2.79 bits per heavy atom. The van der Waals surface area contributed by atoms with E-state index in [2.05, 4.69) is 21.7 Å². The lowest BCUT2D eigenvalue weighted by Crippen LogP contribution is -2.33. The van der Waals surface area contributed by atoms with Crippen molar-refractivity contribution in [1.82, 2.24) is 10.5 Å². The minimum atomic E-state index is -0.530. The lowest BCUT2D eigenvalue weighted by molar-refractivity contribution is -0.115. The first-order valence-electron chi connectivity index (χ1n) is 8.35. The summed E-state index contributed by atoms with van der Waals surface area (Å²) in [6.07, 6.45) is 5.33. The highest BCUT2D eigenvalue weighted by atomic mass is 16.5. The Kier molecular flexibility index (Phi) is 5.72. The van der Waals surface area contributed by atoms with E-state index in [9.17, 15) is 9.59 Å². The van der Waals surface area contributed by atoms with Crippen LogP contribution in [0.25, 0.3) is 11.3 Å². The first kappa shape index (κ1) is 18.7. The van der Waals surface area contributed by atoms with Crippen LogP contribution in [0.2, 0.25) is 0 Å². The van der Waals surface area contributed by atoms with Crippen LogP contribution in [0, 0.1) is 12.3 Å². The Hall–Kier alpha value is -4.05. The van der Waals surface area contributed by atoms with Crippen molar-refractivity contribution < 1.29 is 18.8 Å². The molecule has 0 radical (unpaired) electrons. The molecule has 28 heavy (non-hydrogen) atoms. The Labute approximate surface area is 161 Å². The van der Waals surface area contributed by atoms with E-state index in [0.29, 0.717) is 28.3 Å². The van der Waals surface area contributed by atoms with Crippen LogP contribution in [0.1, 0.15) is 16.1 Å². The molecule has 0 aliphatic rings. The monoisotopic (exact) mass is 375 g/mol. The van der Waals surface area contributed by atoms with Gasteiger partial charge in [0.1, 0.15) is 5.75 Å². The van der Waals surface area contributed by atoms with Crippen LogP contribution in [0.15, 0.2) is 59.1 Å². The molecular weight excluding hydrogens is 358 g/mol. The number of rotatable bonds is 6. The number of nitrogens with one attached hydrogen (secondary N) is 2. The number of anilines is 1. The van der Waals surface area contributed by atoms with Gasteiger partial charge in [0.2, 0.25) is 5.91 Å². The van der Waals surface area contributed by atoms with Crippen molar-refractivity contribution in [3.63, 3.8) is 0 Å². The molecule has 0 saturated carbocycles. The third kappa shape index (κ3) is 4.37. The van der Waals surface area contributed by atoms with Gasteiger partial charge < -0.3 is 19.9 Å². The lowest BCUT2D eigenvalue weighted by Gasteiger charge is -2.06. The normalized spacial score (nSPS) is 10.0. The predicted octanol–water partition coefficient (Wildman–Crippen LogP) is 2.70. The first-order chi connectivity index (χ1) is 13.6. The van der Waals surface area contributed by atoms with E-state index in [1.807, 2.05) is 12.1 Å². The minimum Gasteiger partial charge on any atom is -0.496 e. The highest BCUT2D eigenvalue weighted by molar-refractivity contribution is 5.98. The standard InChI is InChI=1S/C21H17N3O4/c1-3-14-7-6-8-15(11-14)23-20(25)13-22-21(26)17-12-19(28-24-17)16-9-4-5-10-18(16)27-2/h1,4-12H,13H2,2H3,(H,22,26)(H,23,25). The lowest BCUT2D eigenvalue weighted by atomic mass is 10.1. The number of hydrogen-bond acceptors (Lipinski definition) is 5. The molecule has 0 saturated heterocycles. The third-order valence-electron chi connectivity index (χ3n) is 3.84. The van der Waals surface area contributed by atoms with Crippen molar-refractivity contribution in [2.24, 2.45) is 0 Å². The van der Waals surface area contributed by atoms with Gasteiger partial charge in [-0.05, 0) is 30.3 Å². The Balaban J connectivity index is 1.60. The average Bonchev–Trinajstić information content (AvgIpc) is 3.22. The molecule has 1 aromatic heterocycles. The molecule has 140 valence electrons. The maximum atomic E-state index is 12.2. The van der Waals surface area contributed by atoms with Gasteiger partial charge in [0, 0.05) is 17.3 Å². The molecule has 2 amide bonds. The van der Waals surface area contributed by atoms with Gasteiger partial charge in [-0.15, -0.1) is 6.42 Å². The fourth-order valence-electron chi connectivity index (χ4n) is 2.50. The summed E-state index contributed by atoms with van der Waals surface area (Å²) in [5.41, 5.74) is 1.92. The summed E-state index contributed by atoms with van der Waals surface area (Å²) in [5.74, 6) is 2.55. The predicted molar refractivity (Wildman–Crippen MR) is 104 cm³/mol. The summed E-state index contributed by atoms with van der Waals surface area (Å²) in [4.78, 5) is 24.2. The van der Waals surface area contributed by atoms with Gasteiger partial charge in [-0.3, -0.25) is 9.59 Å². The second kappa shape index (κ2) is 8.56. The molecule has 7 heteroatoms. The van der Waals surface area contributed by atoms with Crippen LogP contribution >= 0.6 is 0 Å². The van der Waals surface area contributed by atoms with Crippen LogP contribution in [0.4, 0.5) is 5.69 Å². The molecule has 0 aliphatic heterocycles. The SMILES string of the molecule is C#Cc1cccc(NC(=O)CNC(=O)c2cc(-c3ccccc3OC)on2)c1. The fraction of sp³-hybridized carbons (Fsp3) is 0.0952. The molecule has 0 unspecified atom stereocenters. The first-order valence-corrected chi connectivity index (χ1v) is 8.35. The number of aromatic nitrogens is 1. The number of terminal acetylenes is 1. The molecule has 2 aromatic carbocycles. The van der Waals surface area contributed by atoms with Crippen LogP contribution < -0.4 is 15.4 Å². The number of carbonyl (C=O) groups excluding carboxylic acids is 2. The Morgan fingerprint density at radius 2 is 2.00 bits per heavy atom. The molecule has 0 spiro atoms. The number of hydrogen-bond donors (Lipinski definition) is 2. The van der Waals surface area contributed by atoms with Crippen molar-refractivity contribution in [2.75, 3.05) is 19.0 Å². The van der Waals surface area contributed by atoms with E-state index in [-0.39, 0.29) is 12.2 Å². The van der Waals surface area contributed by atoms with Crippen LogP contribution in [0.5, 0.6) is 5.75 Å². The van der Waals surface area contributed by atoms with Gasteiger partial charge in [-0.1, -0.05) is 29.3 Å². The van der Waals surface area contributed by atoms with E-state index in [1.54, 1.807) is 43.5 Å². The van der Waals surface area contributed by atoms with Gasteiger partial charge in [0.05, 0.1) is 19.2 Å². The molecule has 0 bridgehead atoms. The summed E-state index contributed by atoms with van der Waals surface area (Å²) in [5, 5.41) is 8.91. The van der Waals surface area contributed by atoms with Crippen LogP contribution in [-0.4, -0.2) is 30.6 Å². The third-order valence-corrected chi connectivity index (χ3v) is 3.84. The zero-order valence-electron chi connectivity index (χ0n) is 15.1. The van der Waals surface area contributed by atoms with Crippen molar-refractivity contribution in [3.8, 4) is 29.4 Å². The number of para-hydroxylation sites is 1. The highest BCUT2D eigenvalue weighted by Crippen LogP contribution is 2.29. The van der Waals surface area contributed by atoms with E-state index in [4.69, 9.17) is 15.7 Å². The molecule has 0 aliphatic carbocycles. The molecule has 0 atom stereocenters. The highest BCUT2D eigenvalue weighted by Gasteiger charge is 2.16. The van der Waals surface area contributed by atoms with Gasteiger partial charge in [-0.25, -0.2) is 0 Å². The van der Waals surface area contributed by atoms with Crippen LogP contribution in [0.3, 0.4) is 0 Å². The maximum absolute atomic E-state index is 12.2. The number of amides is 2. The Bertz CT molecular complexity index is 1050. The molecule has 7 nitrogen and oxygen atoms in total. The van der Waals surface area contributed by atoms with Gasteiger partial charge in [-0.2, -0.15) is 0 Å². The Morgan fingerprint density at radius 1 is 1.18 bits per heavy atom. The van der Waals surface area contributed by atoms with E-state index < -0.39 is 11.8 Å². The van der Waals surface area contributed by atoms with Crippen molar-refractivity contribution >= 4 is 17.5 Å². The second-order valence-corrected chi connectivity index (χ2v) is 5.73. The summed E-state index contributed by atoms with van der Waals surface area (Å²) >= 11 is 0. The molecule has 0 fully saturated rings. The molecular formula is C21H17N3O4. The smallest absolute Gasteiger partial charge is 0.273 e. The summed E-state index contributed by atoms with van der Waals surface area (Å²) in [7, 11) is 1.54. The molecule has 1 heterocycles. The summed E-state index contributed by atoms with van der Waals surface area (Å²) < 4.78 is 10.5. The van der Waals surface area contributed by atoms with Gasteiger partial charge in [0.25, 0.3) is 5.91 Å². The van der Waals surface area contributed by atoms with E-state index >= 15 is 0 Å². The van der Waals surface area contributed by atoms with E-state index in [1.165, 1.54) is 6.07 Å². The molecule has 2 N–H and O–H groups in total. The number of benzene rings is 2. The fourth-order valence-corrected chi connectivity index (χ4v) is 2.50. The largest absolute Gasteiger partial charge is 0.496 e. The quantitative estimate of drug-likeness (QED) is 0.646. The topological polar surface area (TPSA) is 93.5 Å². The van der Waals surface area contributed by atoms with Gasteiger partial charge in [0.15, 0.2) is 11.5 Å². The summed E-state index contributed by atoms with van der Waals surface area (Å²) in [6.45, 7) is -0.226. The zero-order valence-corrected chi connectivity index (χ0v) is 15.1. The number of ether oxygens (including phenoxy) is 1. The van der Waals surface area contributed by atoms with E-state index in [0.717, 1.165) is 0 Å². The maximum Gasteiger partial charge on any atom is 0.273 e. The minimum absolute atomic E-state index is 0.0584. The number of carbonyl (C=O) groups is 2. The number of methoxy groups -OCH3 is 1. The molecule has 3 rings (SSSR count). The number of nitrogens with zero attached hydrogens (tertiary/aromatic N) is 1. The van der Waals surface area contributed by atoms with Crippen molar-refractivity contribution in [3.05, 3.63) is 65.9 Å². The zero-order chi connectivity index (χ0) is 19.9. The second-order valence-electron chi connectivity index (χ2n) is 5.73. The average molecular weight is 375 g/mol.